The molecule has 1 aromatic heterocycles. The molecule has 8 heteroatoms. The van der Waals surface area contributed by atoms with Gasteiger partial charge in [0.2, 0.25) is 5.69 Å². The van der Waals surface area contributed by atoms with Crippen LogP contribution in [0.15, 0.2) is 28.9 Å². The van der Waals surface area contributed by atoms with Crippen molar-refractivity contribution < 1.29 is 19.6 Å². The molecule has 88 valence electrons. The van der Waals surface area contributed by atoms with Crippen LogP contribution in [0.2, 0.25) is 0 Å². The molecule has 8 nitrogen and oxygen atoms in total. The van der Waals surface area contributed by atoms with E-state index in [1.165, 1.54) is 24.3 Å². The van der Waals surface area contributed by atoms with E-state index in [4.69, 9.17) is 5.11 Å². The van der Waals surface area contributed by atoms with Crippen molar-refractivity contribution in [2.45, 2.75) is 6.61 Å². The number of nitro benzene ring substituents is 1. The van der Waals surface area contributed by atoms with Crippen LogP contribution in [0.4, 0.5) is 5.69 Å². The largest absolute Gasteiger partial charge is 0.388 e. The fraction of sp³-hybridized carbons (Fsp3) is 0.111. The Bertz CT molecular complexity index is 548. The molecule has 0 fully saturated rings. The molecule has 0 radical (unpaired) electrons. The molecule has 0 bridgehead atoms. The third-order valence-corrected chi connectivity index (χ3v) is 2.20. The Kier molecular flexibility index (Phi) is 2.71. The molecular formula is C9H7N3O5. The van der Waals surface area contributed by atoms with E-state index in [9.17, 15) is 15.3 Å². The Morgan fingerprint density at radius 1 is 1.41 bits per heavy atom. The maximum atomic E-state index is 11.0. The maximum Gasteiger partial charge on any atom is 0.269 e. The topological polar surface area (TPSA) is 116 Å². The zero-order chi connectivity index (χ0) is 12.4. The second kappa shape index (κ2) is 4.18. The smallest absolute Gasteiger partial charge is 0.269 e. The second-order valence-electron chi connectivity index (χ2n) is 3.19. The van der Waals surface area contributed by atoms with Crippen molar-refractivity contribution in [2.75, 3.05) is 0 Å². The standard InChI is InChI=1S/C9H7N3O5/c13-5-8-9(10-17-12(8)16)6-1-3-7(4-2-6)11(14)15/h1-4,13H,5H2. The molecule has 2 rings (SSSR count). The van der Waals surface area contributed by atoms with E-state index in [1.807, 2.05) is 0 Å². The van der Waals surface area contributed by atoms with E-state index >= 15 is 0 Å². The van der Waals surface area contributed by atoms with Gasteiger partial charge < -0.3 is 10.3 Å². The zero-order valence-corrected chi connectivity index (χ0v) is 8.44. The molecule has 0 atom stereocenters. The van der Waals surface area contributed by atoms with Crippen LogP contribution in [0.25, 0.3) is 11.3 Å². The van der Waals surface area contributed by atoms with Crippen LogP contribution in [0.3, 0.4) is 0 Å². The number of nitrogens with zero attached hydrogens (tertiary/aromatic N) is 3. The van der Waals surface area contributed by atoms with Crippen LogP contribution < -0.4 is 4.90 Å². The van der Waals surface area contributed by atoms with E-state index in [2.05, 4.69) is 9.79 Å². The summed E-state index contributed by atoms with van der Waals surface area (Å²) in [4.78, 5) is 10.0. The highest BCUT2D eigenvalue weighted by Crippen LogP contribution is 2.22. The van der Waals surface area contributed by atoms with Gasteiger partial charge in [0.1, 0.15) is 6.61 Å². The van der Waals surface area contributed by atoms with Crippen LogP contribution in [0.5, 0.6) is 0 Å². The first kappa shape index (κ1) is 11.0. The normalized spacial score (nSPS) is 10.4. The number of aliphatic hydroxyl groups is 1. The Balaban J connectivity index is 2.43. The average Bonchev–Trinajstić information content (AvgIpc) is 2.70. The molecule has 0 amide bonds. The summed E-state index contributed by atoms with van der Waals surface area (Å²) in [6.07, 6.45) is 0. The molecule has 0 saturated carbocycles. The molecular weight excluding hydrogens is 230 g/mol. The van der Waals surface area contributed by atoms with Gasteiger partial charge in [0, 0.05) is 22.9 Å². The lowest BCUT2D eigenvalue weighted by Gasteiger charge is -1.95. The Labute approximate surface area is 94.4 Å². The van der Waals surface area contributed by atoms with Crippen LogP contribution in [-0.2, 0) is 6.61 Å². The number of hydrogen-bond acceptors (Lipinski definition) is 6. The van der Waals surface area contributed by atoms with E-state index in [0.717, 1.165) is 0 Å². The Hall–Kier alpha value is -2.48. The lowest BCUT2D eigenvalue weighted by Crippen LogP contribution is -2.28. The van der Waals surface area contributed by atoms with Crippen molar-refractivity contribution in [3.8, 4) is 11.3 Å². The van der Waals surface area contributed by atoms with Crippen LogP contribution in [-0.4, -0.2) is 15.2 Å². The predicted octanol–water partition coefficient (Wildman–Crippen LogP) is 0.375. The highest BCUT2D eigenvalue weighted by molar-refractivity contribution is 5.61. The fourth-order valence-electron chi connectivity index (χ4n) is 1.36. The first-order chi connectivity index (χ1) is 8.13. The summed E-state index contributed by atoms with van der Waals surface area (Å²) in [6, 6.07) is 5.41. The lowest BCUT2D eigenvalue weighted by atomic mass is 10.1. The van der Waals surface area contributed by atoms with Gasteiger partial charge in [0.15, 0.2) is 0 Å². The van der Waals surface area contributed by atoms with Gasteiger partial charge >= 0.3 is 0 Å². The van der Waals surface area contributed by atoms with Gasteiger partial charge in [0.05, 0.1) is 4.92 Å². The van der Waals surface area contributed by atoms with Gasteiger partial charge in [-0.3, -0.25) is 14.7 Å². The number of nitro groups is 1. The predicted molar refractivity (Wildman–Crippen MR) is 53.5 cm³/mol. The van der Waals surface area contributed by atoms with Crippen molar-refractivity contribution in [2.24, 2.45) is 0 Å². The summed E-state index contributed by atoms with van der Waals surface area (Å²) >= 11 is 0. The molecule has 0 unspecified atom stereocenters. The Morgan fingerprint density at radius 2 is 2.06 bits per heavy atom. The molecule has 1 heterocycles. The highest BCUT2D eigenvalue weighted by Gasteiger charge is 2.20. The maximum absolute atomic E-state index is 11.0. The molecule has 1 N–H and O–H groups in total. The summed E-state index contributed by atoms with van der Waals surface area (Å²) in [5.74, 6) is 0. The molecule has 0 aliphatic rings. The molecule has 0 aliphatic heterocycles. The molecule has 17 heavy (non-hydrogen) atoms. The van der Waals surface area contributed by atoms with Gasteiger partial charge in [-0.05, 0) is 17.0 Å². The van der Waals surface area contributed by atoms with Gasteiger partial charge in [-0.2, -0.15) is 0 Å². The van der Waals surface area contributed by atoms with Crippen molar-refractivity contribution in [1.29, 1.82) is 0 Å². The SMILES string of the molecule is O=[N+]([O-])c1ccc(-c2no[n+]([O-])c2CO)cc1. The fourth-order valence-corrected chi connectivity index (χ4v) is 1.36. The van der Waals surface area contributed by atoms with Gasteiger partial charge in [-0.1, -0.05) is 0 Å². The number of non-ortho nitro benzene ring substituents is 1. The molecule has 0 saturated heterocycles. The van der Waals surface area contributed by atoms with Gasteiger partial charge in [-0.25, -0.2) is 0 Å². The third kappa shape index (κ3) is 1.93. The average molecular weight is 237 g/mol. The van der Waals surface area contributed by atoms with Crippen molar-refractivity contribution in [3.05, 3.63) is 45.3 Å². The number of benzene rings is 1. The van der Waals surface area contributed by atoms with Crippen molar-refractivity contribution in [1.82, 2.24) is 5.16 Å². The summed E-state index contributed by atoms with van der Waals surface area (Å²) in [5.41, 5.74) is 0.507. The lowest BCUT2D eigenvalue weighted by molar-refractivity contribution is -0.809. The first-order valence-electron chi connectivity index (χ1n) is 4.57. The minimum absolute atomic E-state index is 0.0427. The number of rotatable bonds is 3. The highest BCUT2D eigenvalue weighted by atomic mass is 16.8. The van der Waals surface area contributed by atoms with E-state index in [-0.39, 0.29) is 22.0 Å². The first-order valence-corrected chi connectivity index (χ1v) is 4.57. The van der Waals surface area contributed by atoms with Crippen LogP contribution >= 0.6 is 0 Å². The summed E-state index contributed by atoms with van der Waals surface area (Å²) in [7, 11) is 0. The second-order valence-corrected chi connectivity index (χ2v) is 3.19. The number of aliphatic hydroxyl groups excluding tert-OH is 1. The minimum Gasteiger partial charge on any atom is -0.388 e. The van der Waals surface area contributed by atoms with Crippen molar-refractivity contribution >= 4 is 5.69 Å². The van der Waals surface area contributed by atoms with Gasteiger partial charge in [0.25, 0.3) is 11.4 Å². The van der Waals surface area contributed by atoms with E-state index in [1.54, 1.807) is 0 Å². The van der Waals surface area contributed by atoms with Crippen LogP contribution in [0, 0.1) is 15.3 Å². The summed E-state index contributed by atoms with van der Waals surface area (Å²) in [6.45, 7) is -0.528. The van der Waals surface area contributed by atoms with Crippen LogP contribution in [0.1, 0.15) is 5.69 Å². The van der Waals surface area contributed by atoms with E-state index < -0.39 is 11.5 Å². The quantitative estimate of drug-likeness (QED) is 0.468. The monoisotopic (exact) mass is 237 g/mol. The summed E-state index contributed by atoms with van der Waals surface area (Å²) in [5, 5.41) is 33.9. The molecule has 0 aliphatic carbocycles. The Morgan fingerprint density at radius 3 is 2.59 bits per heavy atom. The van der Waals surface area contributed by atoms with E-state index in [0.29, 0.717) is 5.56 Å². The number of hydrogen-bond donors (Lipinski definition) is 1. The van der Waals surface area contributed by atoms with Gasteiger partial charge in [-0.15, -0.1) is 0 Å². The summed E-state index contributed by atoms with van der Waals surface area (Å²) < 4.78 is 4.34. The minimum atomic E-state index is -0.534. The molecule has 1 aromatic carbocycles. The molecule has 2 aromatic rings. The van der Waals surface area contributed by atoms with Crippen molar-refractivity contribution in [3.63, 3.8) is 0 Å². The molecule has 0 spiro atoms. The third-order valence-electron chi connectivity index (χ3n) is 2.20. The zero-order valence-electron chi connectivity index (χ0n) is 8.44. The number of aromatic nitrogens is 2.